The number of morpholine rings is 1. The molecule has 0 atom stereocenters. The van der Waals surface area contributed by atoms with Gasteiger partial charge in [0.25, 0.3) is 0 Å². The molecular weight excluding hydrogens is 322 g/mol. The van der Waals surface area contributed by atoms with Gasteiger partial charge in [0, 0.05) is 19.6 Å². The first-order valence-corrected chi connectivity index (χ1v) is 7.71. The van der Waals surface area contributed by atoms with Crippen LogP contribution in [0.2, 0.25) is 0 Å². The van der Waals surface area contributed by atoms with Gasteiger partial charge in [-0.1, -0.05) is 0 Å². The smallest absolute Gasteiger partial charge is 0.172 e. The molecule has 1 N–H and O–H groups in total. The zero-order valence-electron chi connectivity index (χ0n) is 12.3. The maximum Gasteiger partial charge on any atom is 0.172 e. The van der Waals surface area contributed by atoms with Gasteiger partial charge in [0.05, 0.1) is 23.3 Å². The number of phenols is 1. The molecule has 0 saturated carbocycles. The molecule has 20 heavy (non-hydrogen) atoms. The Kier molecular flexibility index (Phi) is 4.94. The first kappa shape index (κ1) is 15.6. The zero-order valence-corrected chi connectivity index (χ0v) is 13.9. The number of benzene rings is 1. The third-order valence-electron chi connectivity index (χ3n) is 3.30. The number of aromatic hydroxyl groups is 1. The quantitative estimate of drug-likeness (QED) is 0.911. The van der Waals surface area contributed by atoms with E-state index in [2.05, 4.69) is 34.7 Å². The average Bonchev–Trinajstić information content (AvgIpc) is 2.34. The Balaban J connectivity index is 2.13. The van der Waals surface area contributed by atoms with Crippen molar-refractivity contribution in [1.29, 1.82) is 0 Å². The van der Waals surface area contributed by atoms with Gasteiger partial charge >= 0.3 is 0 Å². The van der Waals surface area contributed by atoms with E-state index in [0.29, 0.717) is 16.8 Å². The molecule has 1 aliphatic rings. The lowest BCUT2D eigenvalue weighted by atomic mass is 10.1. The summed E-state index contributed by atoms with van der Waals surface area (Å²) in [6.45, 7) is 10.1. The molecule has 1 aliphatic heterocycles. The van der Waals surface area contributed by atoms with E-state index in [-0.39, 0.29) is 11.4 Å². The fraction of sp³-hybridized carbons (Fsp3) is 0.600. The number of nitrogens with zero attached hydrogens (tertiary/aromatic N) is 1. The molecule has 1 saturated heterocycles. The first-order chi connectivity index (χ1) is 9.41. The highest BCUT2D eigenvalue weighted by Crippen LogP contribution is 2.36. The summed E-state index contributed by atoms with van der Waals surface area (Å²) in [6, 6.07) is 3.85. The van der Waals surface area contributed by atoms with E-state index in [1.165, 1.54) is 0 Å². The Morgan fingerprint density at radius 1 is 1.45 bits per heavy atom. The normalized spacial score (nSPS) is 19.0. The van der Waals surface area contributed by atoms with Crippen molar-refractivity contribution in [2.24, 2.45) is 0 Å². The van der Waals surface area contributed by atoms with Gasteiger partial charge in [-0.3, -0.25) is 4.90 Å². The van der Waals surface area contributed by atoms with Gasteiger partial charge in [-0.25, -0.2) is 0 Å². The number of ether oxygens (including phenoxy) is 2. The molecular formula is C15H22BrNO3. The van der Waals surface area contributed by atoms with Crippen molar-refractivity contribution >= 4 is 15.9 Å². The van der Waals surface area contributed by atoms with Gasteiger partial charge in [0.1, 0.15) is 0 Å². The summed E-state index contributed by atoms with van der Waals surface area (Å²) in [5, 5.41) is 9.94. The largest absolute Gasteiger partial charge is 0.503 e. The number of phenolic OH excluding ortho intramolecular Hbond substituents is 1. The van der Waals surface area contributed by atoms with Gasteiger partial charge < -0.3 is 14.6 Å². The molecule has 1 aromatic carbocycles. The molecule has 112 valence electrons. The monoisotopic (exact) mass is 343 g/mol. The van der Waals surface area contributed by atoms with Crippen molar-refractivity contribution < 1.29 is 14.6 Å². The maximum absolute atomic E-state index is 9.94. The Labute approximate surface area is 128 Å². The minimum atomic E-state index is -0.102. The topological polar surface area (TPSA) is 41.9 Å². The van der Waals surface area contributed by atoms with Gasteiger partial charge in [-0.15, -0.1) is 0 Å². The third-order valence-corrected chi connectivity index (χ3v) is 3.90. The predicted molar refractivity (Wildman–Crippen MR) is 82.3 cm³/mol. The fourth-order valence-corrected chi connectivity index (χ4v) is 2.98. The summed E-state index contributed by atoms with van der Waals surface area (Å²) in [6.07, 6.45) is 0. The Morgan fingerprint density at radius 2 is 2.20 bits per heavy atom. The van der Waals surface area contributed by atoms with Gasteiger partial charge in [0.2, 0.25) is 0 Å². The van der Waals surface area contributed by atoms with Crippen LogP contribution in [-0.2, 0) is 11.3 Å². The molecule has 0 aliphatic carbocycles. The second kappa shape index (κ2) is 6.33. The van der Waals surface area contributed by atoms with Gasteiger partial charge in [-0.2, -0.15) is 0 Å². The van der Waals surface area contributed by atoms with Crippen LogP contribution < -0.4 is 4.74 Å². The lowest BCUT2D eigenvalue weighted by Gasteiger charge is -2.38. The standard InChI is InChI=1S/C15H22BrNO3/c1-4-19-13-8-11(7-12(16)14(13)18)9-17-5-6-20-15(2,3)10-17/h7-8,18H,4-6,9-10H2,1-3H3. The van der Waals surface area contributed by atoms with Crippen molar-refractivity contribution in [3.63, 3.8) is 0 Å². The molecule has 0 amide bonds. The number of rotatable bonds is 4. The molecule has 5 heteroatoms. The van der Waals surface area contributed by atoms with Crippen LogP contribution in [0.3, 0.4) is 0 Å². The highest BCUT2D eigenvalue weighted by molar-refractivity contribution is 9.10. The van der Waals surface area contributed by atoms with E-state index in [1.807, 2.05) is 19.1 Å². The Morgan fingerprint density at radius 3 is 2.85 bits per heavy atom. The molecule has 1 heterocycles. The lowest BCUT2D eigenvalue weighted by Crippen LogP contribution is -2.47. The molecule has 0 bridgehead atoms. The highest BCUT2D eigenvalue weighted by atomic mass is 79.9. The molecule has 0 spiro atoms. The zero-order chi connectivity index (χ0) is 14.8. The number of hydrogen-bond donors (Lipinski definition) is 1. The molecule has 1 fully saturated rings. The van der Waals surface area contributed by atoms with Crippen LogP contribution in [0.15, 0.2) is 16.6 Å². The minimum Gasteiger partial charge on any atom is -0.503 e. The van der Waals surface area contributed by atoms with E-state index < -0.39 is 0 Å². The van der Waals surface area contributed by atoms with Crippen LogP contribution >= 0.6 is 15.9 Å². The molecule has 0 radical (unpaired) electrons. The van der Waals surface area contributed by atoms with Crippen molar-refractivity contribution in [3.05, 3.63) is 22.2 Å². The lowest BCUT2D eigenvalue weighted by molar-refractivity contribution is -0.0882. The van der Waals surface area contributed by atoms with Crippen LogP contribution in [-0.4, -0.2) is 41.9 Å². The van der Waals surface area contributed by atoms with E-state index in [9.17, 15) is 5.11 Å². The second-order valence-electron chi connectivity index (χ2n) is 5.68. The van der Waals surface area contributed by atoms with Gasteiger partial charge in [-0.05, 0) is 54.4 Å². The van der Waals surface area contributed by atoms with E-state index in [0.717, 1.165) is 31.8 Å². The molecule has 0 aromatic heterocycles. The number of halogens is 1. The van der Waals surface area contributed by atoms with E-state index in [4.69, 9.17) is 9.47 Å². The maximum atomic E-state index is 9.94. The first-order valence-electron chi connectivity index (χ1n) is 6.92. The van der Waals surface area contributed by atoms with Crippen molar-refractivity contribution in [1.82, 2.24) is 4.90 Å². The summed E-state index contributed by atoms with van der Waals surface area (Å²) in [5.41, 5.74) is 1.02. The van der Waals surface area contributed by atoms with Crippen LogP contribution in [0.25, 0.3) is 0 Å². The minimum absolute atomic E-state index is 0.102. The van der Waals surface area contributed by atoms with Crippen LogP contribution in [0.1, 0.15) is 26.3 Å². The van der Waals surface area contributed by atoms with E-state index >= 15 is 0 Å². The summed E-state index contributed by atoms with van der Waals surface area (Å²) in [7, 11) is 0. The summed E-state index contributed by atoms with van der Waals surface area (Å²) in [4.78, 5) is 2.36. The van der Waals surface area contributed by atoms with Crippen LogP contribution in [0.4, 0.5) is 0 Å². The Hall–Kier alpha value is -0.780. The second-order valence-corrected chi connectivity index (χ2v) is 6.53. The van der Waals surface area contributed by atoms with Gasteiger partial charge in [0.15, 0.2) is 11.5 Å². The van der Waals surface area contributed by atoms with Crippen molar-refractivity contribution in [2.45, 2.75) is 32.9 Å². The predicted octanol–water partition coefficient (Wildman–Crippen LogP) is 3.16. The van der Waals surface area contributed by atoms with Crippen LogP contribution in [0.5, 0.6) is 11.5 Å². The highest BCUT2D eigenvalue weighted by Gasteiger charge is 2.27. The SMILES string of the molecule is CCOc1cc(CN2CCOC(C)(C)C2)cc(Br)c1O. The van der Waals surface area contributed by atoms with Crippen molar-refractivity contribution in [2.75, 3.05) is 26.3 Å². The Bertz CT molecular complexity index is 476. The average molecular weight is 344 g/mol. The molecule has 4 nitrogen and oxygen atoms in total. The summed E-state index contributed by atoms with van der Waals surface area (Å²) in [5.74, 6) is 0.697. The fourth-order valence-electron chi connectivity index (χ4n) is 2.49. The van der Waals surface area contributed by atoms with Crippen molar-refractivity contribution in [3.8, 4) is 11.5 Å². The number of hydrogen-bond acceptors (Lipinski definition) is 4. The third kappa shape index (κ3) is 3.87. The van der Waals surface area contributed by atoms with Crippen LogP contribution in [0, 0.1) is 0 Å². The molecule has 1 aromatic rings. The molecule has 0 unspecified atom stereocenters. The van der Waals surface area contributed by atoms with E-state index in [1.54, 1.807) is 0 Å². The molecule has 2 rings (SSSR count). The summed E-state index contributed by atoms with van der Waals surface area (Å²) >= 11 is 3.38. The summed E-state index contributed by atoms with van der Waals surface area (Å²) < 4.78 is 11.9.